The number of hydrogen-bond acceptors (Lipinski definition) is 7. The predicted molar refractivity (Wildman–Crippen MR) is 92.3 cm³/mol. The fourth-order valence-corrected chi connectivity index (χ4v) is 2.82. The van der Waals surface area contributed by atoms with Crippen LogP contribution >= 0.6 is 0 Å². The van der Waals surface area contributed by atoms with Gasteiger partial charge in [-0.2, -0.15) is 5.10 Å². The predicted octanol–water partition coefficient (Wildman–Crippen LogP) is 1.93. The second kappa shape index (κ2) is 6.51. The Morgan fingerprint density at radius 1 is 1.23 bits per heavy atom. The summed E-state index contributed by atoms with van der Waals surface area (Å²) in [5.74, 6) is 0.758. The quantitative estimate of drug-likeness (QED) is 0.691. The fraction of sp³-hybridized carbons (Fsp3) is 0.294. The van der Waals surface area contributed by atoms with E-state index < -0.39 is 5.97 Å². The molecule has 1 aliphatic carbocycles. The van der Waals surface area contributed by atoms with E-state index in [0.717, 1.165) is 18.7 Å². The molecule has 4 rings (SSSR count). The van der Waals surface area contributed by atoms with Crippen molar-refractivity contribution in [2.24, 2.45) is 13.0 Å². The van der Waals surface area contributed by atoms with E-state index in [-0.39, 0.29) is 11.6 Å². The van der Waals surface area contributed by atoms with Crippen molar-refractivity contribution in [3.8, 4) is 11.4 Å². The first-order chi connectivity index (χ1) is 12.6. The monoisotopic (exact) mass is 351 g/mol. The van der Waals surface area contributed by atoms with Crippen LogP contribution in [0.15, 0.2) is 36.9 Å². The molecule has 26 heavy (non-hydrogen) atoms. The largest absolute Gasteiger partial charge is 0.478 e. The number of carboxylic acid groups (broad SMARTS) is 1. The third kappa shape index (κ3) is 3.23. The highest BCUT2D eigenvalue weighted by Gasteiger charge is 2.35. The summed E-state index contributed by atoms with van der Waals surface area (Å²) in [6, 6.07) is 4.63. The van der Waals surface area contributed by atoms with Crippen LogP contribution in [0.2, 0.25) is 0 Å². The molecule has 0 aliphatic heterocycles. The molecule has 0 saturated heterocycles. The van der Waals surface area contributed by atoms with Gasteiger partial charge in [-0.25, -0.2) is 19.7 Å². The van der Waals surface area contributed by atoms with Gasteiger partial charge in [0.2, 0.25) is 5.95 Å². The highest BCUT2D eigenvalue weighted by Crippen LogP contribution is 2.41. The van der Waals surface area contributed by atoms with Gasteiger partial charge in [0.05, 0.1) is 23.0 Å². The van der Waals surface area contributed by atoms with Crippen LogP contribution in [0.5, 0.6) is 0 Å². The molecule has 0 bridgehead atoms. The molecule has 1 unspecified atom stereocenters. The number of hydrogen-bond donors (Lipinski definition) is 2. The Hall–Kier alpha value is -3.36. The minimum Gasteiger partial charge on any atom is -0.478 e. The summed E-state index contributed by atoms with van der Waals surface area (Å²) in [5, 5.41) is 16.6. The standard InChI is InChI=1S/C17H17N7O2/c1-24-15(20-9-21-24)14(10-2-3-10)23-17-19-7-5-12(22-17)13-8-11(16(25)26)4-6-18-13/h4-10,14H,2-3H2,1H3,(H,25,26)(H,19,22,23). The first kappa shape index (κ1) is 16.1. The van der Waals surface area contributed by atoms with Gasteiger partial charge in [0.1, 0.15) is 12.2 Å². The van der Waals surface area contributed by atoms with Crippen LogP contribution in [0.3, 0.4) is 0 Å². The topological polar surface area (TPSA) is 119 Å². The van der Waals surface area contributed by atoms with Gasteiger partial charge in [0.25, 0.3) is 0 Å². The van der Waals surface area contributed by atoms with Gasteiger partial charge in [0.15, 0.2) is 0 Å². The van der Waals surface area contributed by atoms with Crippen LogP contribution in [0.1, 0.15) is 35.1 Å². The smallest absolute Gasteiger partial charge is 0.335 e. The molecular formula is C17H17N7O2. The molecule has 3 aromatic rings. The summed E-state index contributed by atoms with van der Waals surface area (Å²) in [5.41, 5.74) is 1.20. The highest BCUT2D eigenvalue weighted by molar-refractivity contribution is 5.88. The van der Waals surface area contributed by atoms with E-state index in [1.165, 1.54) is 24.7 Å². The maximum Gasteiger partial charge on any atom is 0.335 e. The fourth-order valence-electron chi connectivity index (χ4n) is 2.82. The van der Waals surface area contributed by atoms with Crippen LogP contribution in [-0.4, -0.2) is 40.8 Å². The average Bonchev–Trinajstić information content (AvgIpc) is 3.41. The molecule has 1 saturated carbocycles. The highest BCUT2D eigenvalue weighted by atomic mass is 16.4. The van der Waals surface area contributed by atoms with Gasteiger partial charge in [-0.15, -0.1) is 0 Å². The van der Waals surface area contributed by atoms with Crippen molar-refractivity contribution in [2.45, 2.75) is 18.9 Å². The Balaban J connectivity index is 1.62. The Kier molecular flexibility index (Phi) is 4.04. The third-order valence-corrected chi connectivity index (χ3v) is 4.33. The minimum atomic E-state index is -1.00. The number of pyridine rings is 1. The van der Waals surface area contributed by atoms with Crippen LogP contribution in [0.25, 0.3) is 11.4 Å². The first-order valence-electron chi connectivity index (χ1n) is 8.25. The number of nitrogens with one attached hydrogen (secondary N) is 1. The van der Waals surface area contributed by atoms with Crippen molar-refractivity contribution in [1.29, 1.82) is 0 Å². The number of aryl methyl sites for hydroxylation is 1. The van der Waals surface area contributed by atoms with Crippen LogP contribution in [0, 0.1) is 5.92 Å². The number of carboxylic acids is 1. The summed E-state index contributed by atoms with van der Waals surface area (Å²) in [4.78, 5) is 28.5. The summed E-state index contributed by atoms with van der Waals surface area (Å²) in [6.45, 7) is 0. The van der Waals surface area contributed by atoms with Crippen LogP contribution in [0.4, 0.5) is 5.95 Å². The minimum absolute atomic E-state index is 0.0175. The molecule has 9 heteroatoms. The van der Waals surface area contributed by atoms with E-state index >= 15 is 0 Å². The normalized spacial score (nSPS) is 14.8. The third-order valence-electron chi connectivity index (χ3n) is 4.33. The maximum atomic E-state index is 11.2. The van der Waals surface area contributed by atoms with Gasteiger partial charge in [-0.05, 0) is 37.0 Å². The molecule has 1 fully saturated rings. The number of nitrogens with zero attached hydrogens (tertiary/aromatic N) is 6. The van der Waals surface area contributed by atoms with Gasteiger partial charge in [0, 0.05) is 19.4 Å². The molecule has 0 amide bonds. The molecule has 3 aromatic heterocycles. The molecule has 1 aliphatic rings. The molecule has 0 radical (unpaired) electrons. The molecule has 3 heterocycles. The molecule has 9 nitrogen and oxygen atoms in total. The second-order valence-electron chi connectivity index (χ2n) is 6.20. The summed E-state index contributed by atoms with van der Waals surface area (Å²) in [6.07, 6.45) is 6.85. The van der Waals surface area contributed by atoms with E-state index in [0.29, 0.717) is 23.3 Å². The lowest BCUT2D eigenvalue weighted by Gasteiger charge is -2.17. The summed E-state index contributed by atoms with van der Waals surface area (Å²) in [7, 11) is 1.86. The zero-order chi connectivity index (χ0) is 18.1. The second-order valence-corrected chi connectivity index (χ2v) is 6.20. The Morgan fingerprint density at radius 2 is 2.04 bits per heavy atom. The molecule has 0 spiro atoms. The lowest BCUT2D eigenvalue weighted by Crippen LogP contribution is -2.19. The maximum absolute atomic E-state index is 11.2. The number of rotatable bonds is 6. The van der Waals surface area contributed by atoms with Crippen molar-refractivity contribution < 1.29 is 9.90 Å². The first-order valence-corrected chi connectivity index (χ1v) is 8.25. The average molecular weight is 351 g/mol. The molecule has 0 aromatic carbocycles. The van der Waals surface area contributed by atoms with Crippen molar-refractivity contribution in [3.63, 3.8) is 0 Å². The molecule has 1 atom stereocenters. The number of aromatic nitrogens is 6. The van der Waals surface area contributed by atoms with Gasteiger partial charge in [-0.3, -0.25) is 9.67 Å². The van der Waals surface area contributed by atoms with Gasteiger partial charge >= 0.3 is 5.97 Å². The van der Waals surface area contributed by atoms with E-state index in [9.17, 15) is 4.79 Å². The molecular weight excluding hydrogens is 334 g/mol. The number of aromatic carboxylic acids is 1. The SMILES string of the molecule is Cn1ncnc1C(Nc1nccc(-c2cc(C(=O)O)ccn2)n1)C1CC1. The lowest BCUT2D eigenvalue weighted by molar-refractivity contribution is 0.0697. The van der Waals surface area contributed by atoms with Gasteiger partial charge < -0.3 is 10.4 Å². The summed E-state index contributed by atoms with van der Waals surface area (Å²) >= 11 is 0. The van der Waals surface area contributed by atoms with E-state index in [1.54, 1.807) is 16.9 Å². The zero-order valence-electron chi connectivity index (χ0n) is 14.1. The Morgan fingerprint density at radius 3 is 2.73 bits per heavy atom. The van der Waals surface area contributed by atoms with E-state index in [2.05, 4.69) is 30.4 Å². The molecule has 2 N–H and O–H groups in total. The van der Waals surface area contributed by atoms with Crippen molar-refractivity contribution in [3.05, 3.63) is 48.3 Å². The van der Waals surface area contributed by atoms with Crippen molar-refractivity contribution in [1.82, 2.24) is 29.7 Å². The Labute approximate surface area is 149 Å². The zero-order valence-corrected chi connectivity index (χ0v) is 14.1. The van der Waals surface area contributed by atoms with E-state index in [4.69, 9.17) is 5.11 Å². The van der Waals surface area contributed by atoms with Gasteiger partial charge in [-0.1, -0.05) is 0 Å². The van der Waals surface area contributed by atoms with Crippen molar-refractivity contribution in [2.75, 3.05) is 5.32 Å². The lowest BCUT2D eigenvalue weighted by atomic mass is 10.1. The summed E-state index contributed by atoms with van der Waals surface area (Å²) < 4.78 is 1.75. The number of anilines is 1. The van der Waals surface area contributed by atoms with E-state index in [1.807, 2.05) is 7.05 Å². The van der Waals surface area contributed by atoms with Crippen LogP contribution in [-0.2, 0) is 7.05 Å². The number of carbonyl (C=O) groups is 1. The molecule has 132 valence electrons. The van der Waals surface area contributed by atoms with Crippen molar-refractivity contribution >= 4 is 11.9 Å². The van der Waals surface area contributed by atoms with Crippen LogP contribution < -0.4 is 5.32 Å². The Bertz CT molecular complexity index is 952.